The molecule has 1 nitrogen and oxygen atoms in total. The molecule has 0 saturated carbocycles. The van der Waals surface area contributed by atoms with E-state index >= 15 is 0 Å². The first-order valence-corrected chi connectivity index (χ1v) is 5.65. The summed E-state index contributed by atoms with van der Waals surface area (Å²) in [7, 11) is 0. The number of rotatable bonds is 0. The van der Waals surface area contributed by atoms with Gasteiger partial charge in [-0.05, 0) is 34.1 Å². The van der Waals surface area contributed by atoms with Gasteiger partial charge in [-0.25, -0.2) is 9.37 Å². The summed E-state index contributed by atoms with van der Waals surface area (Å²) in [5, 5.41) is 0.777. The van der Waals surface area contributed by atoms with Crippen LogP contribution in [0.5, 0.6) is 0 Å². The molecular formula is C9H3Br2ClFN. The first-order chi connectivity index (χ1) is 6.58. The van der Waals surface area contributed by atoms with Gasteiger partial charge in [-0.3, -0.25) is 0 Å². The molecule has 1 heterocycles. The predicted octanol–water partition coefficient (Wildman–Crippen LogP) is 4.55. The molecular weight excluding hydrogens is 336 g/mol. The van der Waals surface area contributed by atoms with E-state index in [9.17, 15) is 4.39 Å². The van der Waals surface area contributed by atoms with Crippen molar-refractivity contribution in [3.8, 4) is 0 Å². The molecule has 0 bridgehead atoms. The second-order valence-electron chi connectivity index (χ2n) is 2.72. The van der Waals surface area contributed by atoms with E-state index < -0.39 is 0 Å². The van der Waals surface area contributed by atoms with Crippen LogP contribution in [0.3, 0.4) is 0 Å². The molecule has 0 aliphatic carbocycles. The Kier molecular flexibility index (Phi) is 2.77. The fraction of sp³-hybridized carbons (Fsp3) is 0. The smallest absolute Gasteiger partial charge is 0.143 e. The van der Waals surface area contributed by atoms with Crippen LogP contribution in [0.4, 0.5) is 4.39 Å². The third-order valence-electron chi connectivity index (χ3n) is 1.76. The number of hydrogen-bond donors (Lipinski definition) is 0. The molecule has 0 radical (unpaired) electrons. The van der Waals surface area contributed by atoms with Crippen molar-refractivity contribution in [1.29, 1.82) is 0 Å². The molecule has 0 aliphatic heterocycles. The van der Waals surface area contributed by atoms with Gasteiger partial charge in [-0.2, -0.15) is 0 Å². The van der Waals surface area contributed by atoms with Gasteiger partial charge in [0.05, 0.1) is 9.99 Å². The Bertz CT molecular complexity index is 516. The van der Waals surface area contributed by atoms with Crippen LogP contribution >= 0.6 is 43.5 Å². The van der Waals surface area contributed by atoms with Crippen LogP contribution in [0.15, 0.2) is 27.1 Å². The summed E-state index contributed by atoms with van der Waals surface area (Å²) >= 11 is 12.2. The zero-order chi connectivity index (χ0) is 10.3. The number of benzene rings is 1. The van der Waals surface area contributed by atoms with Crippen LogP contribution in [0.2, 0.25) is 5.15 Å². The maximum atomic E-state index is 13.4. The lowest BCUT2D eigenvalue weighted by molar-refractivity contribution is 0.638. The molecule has 0 atom stereocenters. The number of halogens is 4. The van der Waals surface area contributed by atoms with Crippen molar-refractivity contribution in [2.75, 3.05) is 0 Å². The van der Waals surface area contributed by atoms with Gasteiger partial charge >= 0.3 is 0 Å². The van der Waals surface area contributed by atoms with Gasteiger partial charge in [0.2, 0.25) is 0 Å². The Labute approximate surface area is 102 Å². The molecule has 2 rings (SSSR count). The van der Waals surface area contributed by atoms with Crippen LogP contribution in [-0.4, -0.2) is 4.98 Å². The summed E-state index contributed by atoms with van der Waals surface area (Å²) in [6.45, 7) is 0. The fourth-order valence-corrected chi connectivity index (χ4v) is 2.03. The van der Waals surface area contributed by atoms with E-state index in [1.165, 1.54) is 6.07 Å². The minimum atomic E-state index is -0.320. The van der Waals surface area contributed by atoms with E-state index in [4.69, 9.17) is 11.6 Å². The van der Waals surface area contributed by atoms with Crippen LogP contribution in [0.1, 0.15) is 0 Å². The monoisotopic (exact) mass is 337 g/mol. The van der Waals surface area contributed by atoms with Crippen molar-refractivity contribution in [2.24, 2.45) is 0 Å². The standard InChI is InChI=1S/C9H3Br2ClFN/c10-4-1-7(13)5-3-6(11)9(12)14-8(5)2-4/h1-3H. The predicted molar refractivity (Wildman–Crippen MR) is 62.1 cm³/mol. The number of hydrogen-bond acceptors (Lipinski definition) is 1. The average Bonchev–Trinajstić information content (AvgIpc) is 2.08. The summed E-state index contributed by atoms with van der Waals surface area (Å²) in [6.07, 6.45) is 0. The molecule has 0 fully saturated rings. The molecule has 2 aromatic rings. The van der Waals surface area contributed by atoms with Crippen molar-refractivity contribution < 1.29 is 4.39 Å². The zero-order valence-corrected chi connectivity index (χ0v) is 10.6. The van der Waals surface area contributed by atoms with Crippen LogP contribution in [0, 0.1) is 5.82 Å². The number of nitrogens with zero attached hydrogens (tertiary/aromatic N) is 1. The molecule has 0 unspecified atom stereocenters. The number of fused-ring (bicyclic) bond motifs is 1. The van der Waals surface area contributed by atoms with E-state index in [0.29, 0.717) is 25.0 Å². The van der Waals surface area contributed by atoms with E-state index in [1.807, 2.05) is 0 Å². The minimum Gasteiger partial charge on any atom is -0.235 e. The highest BCUT2D eigenvalue weighted by molar-refractivity contribution is 9.10. The van der Waals surface area contributed by atoms with Crippen molar-refractivity contribution >= 4 is 54.4 Å². The molecule has 14 heavy (non-hydrogen) atoms. The van der Waals surface area contributed by atoms with E-state index in [1.54, 1.807) is 12.1 Å². The summed E-state index contributed by atoms with van der Waals surface area (Å²) in [5.41, 5.74) is 0.532. The second-order valence-corrected chi connectivity index (χ2v) is 4.84. The lowest BCUT2D eigenvalue weighted by Gasteiger charge is -2.02. The third kappa shape index (κ3) is 1.78. The summed E-state index contributed by atoms with van der Waals surface area (Å²) in [5.74, 6) is -0.320. The molecule has 0 N–H and O–H groups in total. The average molecular weight is 339 g/mol. The van der Waals surface area contributed by atoms with Crippen molar-refractivity contribution in [3.63, 3.8) is 0 Å². The maximum Gasteiger partial charge on any atom is 0.143 e. The van der Waals surface area contributed by atoms with Gasteiger partial charge < -0.3 is 0 Å². The largest absolute Gasteiger partial charge is 0.235 e. The van der Waals surface area contributed by atoms with Crippen molar-refractivity contribution in [1.82, 2.24) is 4.98 Å². The maximum absolute atomic E-state index is 13.4. The van der Waals surface area contributed by atoms with Crippen molar-refractivity contribution in [3.05, 3.63) is 38.1 Å². The topological polar surface area (TPSA) is 12.9 Å². The number of aromatic nitrogens is 1. The van der Waals surface area contributed by atoms with Gasteiger partial charge in [0.25, 0.3) is 0 Å². The first kappa shape index (κ1) is 10.3. The quantitative estimate of drug-likeness (QED) is 0.642. The molecule has 0 amide bonds. The lowest BCUT2D eigenvalue weighted by Crippen LogP contribution is -1.86. The summed E-state index contributed by atoms with van der Waals surface area (Å²) < 4.78 is 14.7. The molecule has 0 spiro atoms. The third-order valence-corrected chi connectivity index (χ3v) is 3.34. The Balaban J connectivity index is 2.89. The highest BCUT2D eigenvalue weighted by Crippen LogP contribution is 2.28. The molecule has 72 valence electrons. The first-order valence-electron chi connectivity index (χ1n) is 3.69. The second kappa shape index (κ2) is 3.76. The fourth-order valence-electron chi connectivity index (χ4n) is 1.15. The Morgan fingerprint density at radius 3 is 2.64 bits per heavy atom. The van der Waals surface area contributed by atoms with Gasteiger partial charge in [-0.1, -0.05) is 27.5 Å². The molecule has 0 aliphatic rings. The van der Waals surface area contributed by atoms with E-state index in [2.05, 4.69) is 36.8 Å². The SMILES string of the molecule is Fc1cc(Br)cc2nc(Cl)c(Br)cc12. The normalized spacial score (nSPS) is 10.9. The van der Waals surface area contributed by atoms with E-state index in [-0.39, 0.29) is 5.82 Å². The van der Waals surface area contributed by atoms with Gasteiger partial charge in [0.15, 0.2) is 0 Å². The minimum absolute atomic E-state index is 0.320. The lowest BCUT2D eigenvalue weighted by atomic mass is 10.2. The molecule has 1 aromatic heterocycles. The molecule has 5 heteroatoms. The van der Waals surface area contributed by atoms with Crippen LogP contribution in [-0.2, 0) is 0 Å². The Morgan fingerprint density at radius 2 is 1.93 bits per heavy atom. The molecule has 1 aromatic carbocycles. The van der Waals surface area contributed by atoms with Gasteiger partial charge in [-0.15, -0.1) is 0 Å². The highest BCUT2D eigenvalue weighted by atomic mass is 79.9. The van der Waals surface area contributed by atoms with Crippen LogP contribution < -0.4 is 0 Å². The van der Waals surface area contributed by atoms with E-state index in [0.717, 1.165) is 0 Å². The molecule has 0 saturated heterocycles. The van der Waals surface area contributed by atoms with Gasteiger partial charge in [0.1, 0.15) is 11.0 Å². The van der Waals surface area contributed by atoms with Crippen molar-refractivity contribution in [2.45, 2.75) is 0 Å². The Hall–Kier alpha value is -0.190. The zero-order valence-electron chi connectivity index (χ0n) is 6.69. The summed E-state index contributed by atoms with van der Waals surface area (Å²) in [6, 6.07) is 4.73. The van der Waals surface area contributed by atoms with Gasteiger partial charge in [0, 0.05) is 9.86 Å². The van der Waals surface area contributed by atoms with Crippen LogP contribution in [0.25, 0.3) is 10.9 Å². The number of pyridine rings is 1. The highest BCUT2D eigenvalue weighted by Gasteiger charge is 2.07. The Morgan fingerprint density at radius 1 is 1.21 bits per heavy atom. The summed E-state index contributed by atoms with van der Waals surface area (Å²) in [4.78, 5) is 4.05.